The first-order valence-electron chi connectivity index (χ1n) is 10.6. The van der Waals surface area contributed by atoms with Gasteiger partial charge in [-0.3, -0.25) is 9.59 Å². The van der Waals surface area contributed by atoms with Crippen molar-refractivity contribution < 1.29 is 14.3 Å². The normalized spacial score (nSPS) is 12.2. The van der Waals surface area contributed by atoms with Gasteiger partial charge in [0.15, 0.2) is 6.61 Å². The summed E-state index contributed by atoms with van der Waals surface area (Å²) in [5.74, 6) is 0.256. The van der Waals surface area contributed by atoms with Crippen LogP contribution in [0.5, 0.6) is 5.75 Å². The highest BCUT2D eigenvalue weighted by Gasteiger charge is 2.30. The number of amides is 2. The van der Waals surface area contributed by atoms with Crippen molar-refractivity contribution in [1.82, 2.24) is 10.2 Å². The van der Waals surface area contributed by atoms with Gasteiger partial charge < -0.3 is 15.0 Å². The van der Waals surface area contributed by atoms with Crippen molar-refractivity contribution in [2.24, 2.45) is 0 Å². The van der Waals surface area contributed by atoms with Crippen molar-refractivity contribution in [3.63, 3.8) is 0 Å². The molecule has 0 aliphatic rings. The number of halogens is 1. The zero-order chi connectivity index (χ0) is 23.2. The first-order valence-corrected chi connectivity index (χ1v) is 11.4. The van der Waals surface area contributed by atoms with E-state index in [-0.39, 0.29) is 24.0 Å². The SMILES string of the molecule is CC[C@H](C(=O)NC(C)(C)C)N(Cc1ccccc1)C(=O)COc1cc(C)c(Br)c(C)c1. The molecular weight excluding hydrogens is 456 g/mol. The second kappa shape index (κ2) is 10.8. The number of carbonyl (C=O) groups excluding carboxylic acids is 2. The summed E-state index contributed by atoms with van der Waals surface area (Å²) in [6, 6.07) is 12.9. The van der Waals surface area contributed by atoms with Crippen LogP contribution < -0.4 is 10.1 Å². The second-order valence-electron chi connectivity index (χ2n) is 8.83. The second-order valence-corrected chi connectivity index (χ2v) is 9.62. The molecule has 0 aliphatic heterocycles. The van der Waals surface area contributed by atoms with E-state index >= 15 is 0 Å². The summed E-state index contributed by atoms with van der Waals surface area (Å²) in [5.41, 5.74) is 2.67. The van der Waals surface area contributed by atoms with E-state index in [0.29, 0.717) is 18.7 Å². The van der Waals surface area contributed by atoms with E-state index in [0.717, 1.165) is 21.2 Å². The summed E-state index contributed by atoms with van der Waals surface area (Å²) in [7, 11) is 0. The van der Waals surface area contributed by atoms with E-state index < -0.39 is 6.04 Å². The van der Waals surface area contributed by atoms with Gasteiger partial charge in [-0.15, -0.1) is 0 Å². The van der Waals surface area contributed by atoms with Crippen LogP contribution in [-0.4, -0.2) is 34.9 Å². The van der Waals surface area contributed by atoms with E-state index in [1.807, 2.05) is 84.0 Å². The maximum absolute atomic E-state index is 13.2. The summed E-state index contributed by atoms with van der Waals surface area (Å²) in [5, 5.41) is 3.01. The van der Waals surface area contributed by atoms with Crippen LogP contribution >= 0.6 is 15.9 Å². The Morgan fingerprint density at radius 3 is 2.19 bits per heavy atom. The predicted molar refractivity (Wildman–Crippen MR) is 128 cm³/mol. The van der Waals surface area contributed by atoms with Crippen LogP contribution in [0.25, 0.3) is 0 Å². The van der Waals surface area contributed by atoms with Crippen LogP contribution in [0.3, 0.4) is 0 Å². The molecule has 0 fully saturated rings. The lowest BCUT2D eigenvalue weighted by Crippen LogP contribution is -2.54. The monoisotopic (exact) mass is 488 g/mol. The van der Waals surface area contributed by atoms with Crippen LogP contribution in [0.1, 0.15) is 50.8 Å². The van der Waals surface area contributed by atoms with Crippen LogP contribution in [-0.2, 0) is 16.1 Å². The third-order valence-corrected chi connectivity index (χ3v) is 6.10. The van der Waals surface area contributed by atoms with Crippen molar-refractivity contribution in [3.05, 3.63) is 63.6 Å². The average Bonchev–Trinajstić information content (AvgIpc) is 2.69. The minimum Gasteiger partial charge on any atom is -0.484 e. The zero-order valence-corrected chi connectivity index (χ0v) is 20.9. The van der Waals surface area contributed by atoms with Gasteiger partial charge in [-0.05, 0) is 69.9 Å². The number of ether oxygens (including phenoxy) is 1. The van der Waals surface area contributed by atoms with Gasteiger partial charge in [0.1, 0.15) is 11.8 Å². The average molecular weight is 489 g/mol. The molecule has 0 aliphatic carbocycles. The Balaban J connectivity index is 2.24. The molecule has 5 nitrogen and oxygen atoms in total. The number of hydrogen-bond acceptors (Lipinski definition) is 3. The lowest BCUT2D eigenvalue weighted by molar-refractivity contribution is -0.143. The molecule has 0 saturated carbocycles. The topological polar surface area (TPSA) is 58.6 Å². The number of hydrogen-bond donors (Lipinski definition) is 1. The lowest BCUT2D eigenvalue weighted by atomic mass is 10.1. The number of carbonyl (C=O) groups is 2. The van der Waals surface area contributed by atoms with Crippen LogP contribution in [0.2, 0.25) is 0 Å². The van der Waals surface area contributed by atoms with E-state index in [2.05, 4.69) is 21.2 Å². The molecule has 0 heterocycles. The fourth-order valence-corrected chi connectivity index (χ4v) is 3.60. The maximum atomic E-state index is 13.2. The summed E-state index contributed by atoms with van der Waals surface area (Å²) >= 11 is 3.55. The Morgan fingerprint density at radius 1 is 1.10 bits per heavy atom. The van der Waals surface area contributed by atoms with E-state index in [4.69, 9.17) is 4.74 Å². The van der Waals surface area contributed by atoms with Gasteiger partial charge in [0.25, 0.3) is 5.91 Å². The molecule has 168 valence electrons. The molecule has 0 saturated heterocycles. The number of nitrogens with one attached hydrogen (secondary N) is 1. The van der Waals surface area contributed by atoms with Gasteiger partial charge in [0.05, 0.1) is 0 Å². The van der Waals surface area contributed by atoms with E-state index in [9.17, 15) is 9.59 Å². The van der Waals surface area contributed by atoms with E-state index in [1.165, 1.54) is 0 Å². The van der Waals surface area contributed by atoms with Gasteiger partial charge in [0.2, 0.25) is 5.91 Å². The van der Waals surface area contributed by atoms with Crippen LogP contribution in [0.4, 0.5) is 0 Å². The van der Waals surface area contributed by atoms with Crippen LogP contribution in [0.15, 0.2) is 46.9 Å². The molecule has 6 heteroatoms. The zero-order valence-electron chi connectivity index (χ0n) is 19.3. The van der Waals surface area contributed by atoms with Crippen molar-refractivity contribution in [2.45, 2.75) is 66.1 Å². The highest BCUT2D eigenvalue weighted by Crippen LogP contribution is 2.26. The van der Waals surface area contributed by atoms with E-state index in [1.54, 1.807) is 4.90 Å². The van der Waals surface area contributed by atoms with Crippen LogP contribution in [0, 0.1) is 13.8 Å². The summed E-state index contributed by atoms with van der Waals surface area (Å²) < 4.78 is 6.86. The van der Waals surface area contributed by atoms with Crippen molar-refractivity contribution in [1.29, 1.82) is 0 Å². The molecule has 1 atom stereocenters. The summed E-state index contributed by atoms with van der Waals surface area (Å²) in [6.07, 6.45) is 0.511. The summed E-state index contributed by atoms with van der Waals surface area (Å²) in [6.45, 7) is 11.9. The van der Waals surface area contributed by atoms with Gasteiger partial charge in [-0.2, -0.15) is 0 Å². The smallest absolute Gasteiger partial charge is 0.261 e. The predicted octanol–water partition coefficient (Wildman–Crippen LogP) is 5.17. The number of benzene rings is 2. The standard InChI is InChI=1S/C25H33BrN2O3/c1-7-21(24(30)27-25(4,5)6)28(15-19-11-9-8-10-12-19)22(29)16-31-20-13-17(2)23(26)18(3)14-20/h8-14,21H,7,15-16H2,1-6H3,(H,27,30)/t21-/m1/s1. The van der Waals surface area contributed by atoms with Crippen molar-refractivity contribution in [3.8, 4) is 5.75 Å². The third kappa shape index (κ3) is 7.39. The van der Waals surface area contributed by atoms with Crippen molar-refractivity contribution in [2.75, 3.05) is 6.61 Å². The first-order chi connectivity index (χ1) is 14.5. The number of aryl methyl sites for hydroxylation is 2. The number of nitrogens with zero attached hydrogens (tertiary/aromatic N) is 1. The number of rotatable bonds is 8. The molecule has 2 aromatic carbocycles. The molecule has 0 radical (unpaired) electrons. The Bertz CT molecular complexity index is 884. The third-order valence-electron chi connectivity index (χ3n) is 4.85. The molecule has 31 heavy (non-hydrogen) atoms. The molecule has 2 amide bonds. The van der Waals surface area contributed by atoms with Crippen molar-refractivity contribution >= 4 is 27.7 Å². The largest absolute Gasteiger partial charge is 0.484 e. The van der Waals surface area contributed by atoms with Gasteiger partial charge in [-0.1, -0.05) is 53.2 Å². The molecule has 0 spiro atoms. The Labute approximate surface area is 194 Å². The first kappa shape index (κ1) is 24.9. The Hall–Kier alpha value is -2.34. The molecule has 1 N–H and O–H groups in total. The molecule has 0 bridgehead atoms. The van der Waals surface area contributed by atoms with Gasteiger partial charge in [-0.25, -0.2) is 0 Å². The molecule has 0 aromatic heterocycles. The Morgan fingerprint density at radius 2 is 1.68 bits per heavy atom. The lowest BCUT2D eigenvalue weighted by Gasteiger charge is -2.33. The minimum absolute atomic E-state index is 0.132. The molecule has 2 aromatic rings. The highest BCUT2D eigenvalue weighted by molar-refractivity contribution is 9.10. The summed E-state index contributed by atoms with van der Waals surface area (Å²) in [4.78, 5) is 27.8. The highest BCUT2D eigenvalue weighted by atomic mass is 79.9. The van der Waals surface area contributed by atoms with Gasteiger partial charge in [0, 0.05) is 16.6 Å². The minimum atomic E-state index is -0.580. The molecule has 0 unspecified atom stereocenters. The quantitative estimate of drug-likeness (QED) is 0.557. The molecule has 2 rings (SSSR count). The Kier molecular flexibility index (Phi) is 8.69. The fraction of sp³-hybridized carbons (Fsp3) is 0.440. The maximum Gasteiger partial charge on any atom is 0.261 e. The molecular formula is C25H33BrN2O3. The van der Waals surface area contributed by atoms with Gasteiger partial charge >= 0.3 is 0 Å². The fourth-order valence-electron chi connectivity index (χ4n) is 3.37.